The minimum Gasteiger partial charge on any atom is -0.388 e. The number of hydrogen-bond acceptors (Lipinski definition) is 2. The van der Waals surface area contributed by atoms with Crippen LogP contribution in [0.2, 0.25) is 5.02 Å². The van der Waals surface area contributed by atoms with Crippen LogP contribution in [0, 0.1) is 5.82 Å². The Morgan fingerprint density at radius 2 is 2.19 bits per heavy atom. The Balaban J connectivity index is 2.94. The van der Waals surface area contributed by atoms with Gasteiger partial charge in [-0.25, -0.2) is 4.39 Å². The molecule has 0 heterocycles. The second-order valence-corrected chi connectivity index (χ2v) is 4.46. The average molecular weight is 246 g/mol. The number of rotatable bonds is 5. The minimum absolute atomic E-state index is 0.103. The molecule has 1 unspecified atom stereocenters. The summed E-state index contributed by atoms with van der Waals surface area (Å²) in [6.45, 7) is 2.05. The Morgan fingerprint density at radius 3 is 2.69 bits per heavy atom. The molecule has 0 saturated heterocycles. The zero-order valence-corrected chi connectivity index (χ0v) is 10.1. The summed E-state index contributed by atoms with van der Waals surface area (Å²) in [5.74, 6) is -0.393. The van der Waals surface area contributed by atoms with Gasteiger partial charge in [0.25, 0.3) is 0 Å². The number of benzene rings is 1. The molecule has 0 spiro atoms. The summed E-state index contributed by atoms with van der Waals surface area (Å²) in [6, 6.07) is 4.50. The predicted octanol–water partition coefficient (Wildman–Crippen LogP) is 2.51. The van der Waals surface area contributed by atoms with E-state index in [-0.39, 0.29) is 13.0 Å². The van der Waals surface area contributed by atoms with Crippen molar-refractivity contribution in [3.63, 3.8) is 0 Å². The Kier molecular flexibility index (Phi) is 4.71. The summed E-state index contributed by atoms with van der Waals surface area (Å²) < 4.78 is 13.5. The quantitative estimate of drug-likeness (QED) is 0.837. The standard InChI is InChI=1S/C12H17ClFNO/c1-2-6-12(16,8-15)7-9-10(13)4-3-5-11(9)14/h3-5,16H,2,6-8,15H2,1H3. The average Bonchev–Trinajstić information content (AvgIpc) is 2.24. The molecular formula is C12H17ClFNO. The molecule has 0 aliphatic rings. The summed E-state index contributed by atoms with van der Waals surface area (Å²) in [4.78, 5) is 0. The molecule has 0 bridgehead atoms. The number of nitrogens with two attached hydrogens (primary N) is 1. The highest BCUT2D eigenvalue weighted by Crippen LogP contribution is 2.25. The zero-order chi connectivity index (χ0) is 12.2. The molecule has 2 nitrogen and oxygen atoms in total. The van der Waals surface area contributed by atoms with Crippen LogP contribution < -0.4 is 5.73 Å². The van der Waals surface area contributed by atoms with Crippen molar-refractivity contribution in [3.8, 4) is 0 Å². The lowest BCUT2D eigenvalue weighted by Gasteiger charge is -2.26. The van der Waals surface area contributed by atoms with E-state index in [1.54, 1.807) is 12.1 Å². The lowest BCUT2D eigenvalue weighted by Crippen LogP contribution is -2.40. The molecule has 0 aliphatic heterocycles. The van der Waals surface area contributed by atoms with E-state index in [0.29, 0.717) is 17.0 Å². The Labute approximate surface area is 100 Å². The third-order valence-corrected chi connectivity index (χ3v) is 3.02. The predicted molar refractivity (Wildman–Crippen MR) is 64.0 cm³/mol. The second-order valence-electron chi connectivity index (χ2n) is 4.06. The van der Waals surface area contributed by atoms with E-state index >= 15 is 0 Å². The normalized spacial score (nSPS) is 14.8. The molecule has 0 aliphatic carbocycles. The van der Waals surface area contributed by atoms with E-state index < -0.39 is 11.4 Å². The van der Waals surface area contributed by atoms with E-state index in [4.69, 9.17) is 17.3 Å². The molecule has 0 radical (unpaired) electrons. The van der Waals surface area contributed by atoms with Crippen LogP contribution in [-0.4, -0.2) is 17.3 Å². The van der Waals surface area contributed by atoms with E-state index in [1.807, 2.05) is 6.92 Å². The fraction of sp³-hybridized carbons (Fsp3) is 0.500. The first-order valence-electron chi connectivity index (χ1n) is 5.38. The molecule has 1 aromatic rings. The van der Waals surface area contributed by atoms with Gasteiger partial charge in [-0.1, -0.05) is 31.0 Å². The first-order valence-corrected chi connectivity index (χ1v) is 5.75. The highest BCUT2D eigenvalue weighted by molar-refractivity contribution is 6.31. The van der Waals surface area contributed by atoms with Gasteiger partial charge >= 0.3 is 0 Å². The van der Waals surface area contributed by atoms with Crippen molar-refractivity contribution in [2.75, 3.05) is 6.54 Å². The fourth-order valence-electron chi connectivity index (χ4n) is 1.76. The first kappa shape index (κ1) is 13.4. The molecule has 3 N–H and O–H groups in total. The molecule has 0 saturated carbocycles. The van der Waals surface area contributed by atoms with Gasteiger partial charge in [-0.2, -0.15) is 0 Å². The van der Waals surface area contributed by atoms with Gasteiger partial charge in [-0.05, 0) is 18.6 Å². The minimum atomic E-state index is -1.07. The Morgan fingerprint density at radius 1 is 1.50 bits per heavy atom. The maximum absolute atomic E-state index is 13.5. The molecule has 1 aromatic carbocycles. The van der Waals surface area contributed by atoms with Crippen LogP contribution in [0.4, 0.5) is 4.39 Å². The molecule has 4 heteroatoms. The van der Waals surface area contributed by atoms with E-state index in [2.05, 4.69) is 0 Å². The lowest BCUT2D eigenvalue weighted by atomic mass is 9.90. The highest BCUT2D eigenvalue weighted by Gasteiger charge is 2.26. The number of aliphatic hydroxyl groups is 1. The van der Waals surface area contributed by atoms with Crippen LogP contribution in [0.15, 0.2) is 18.2 Å². The monoisotopic (exact) mass is 245 g/mol. The van der Waals surface area contributed by atoms with Gasteiger partial charge < -0.3 is 10.8 Å². The van der Waals surface area contributed by atoms with Crippen molar-refractivity contribution in [2.45, 2.75) is 31.8 Å². The third kappa shape index (κ3) is 3.17. The van der Waals surface area contributed by atoms with Crippen molar-refractivity contribution >= 4 is 11.6 Å². The maximum Gasteiger partial charge on any atom is 0.127 e. The summed E-state index contributed by atoms with van der Waals surface area (Å²) >= 11 is 5.90. The van der Waals surface area contributed by atoms with Gasteiger partial charge in [0, 0.05) is 23.6 Å². The number of halogens is 2. The lowest BCUT2D eigenvalue weighted by molar-refractivity contribution is 0.0391. The molecule has 0 fully saturated rings. The largest absolute Gasteiger partial charge is 0.388 e. The van der Waals surface area contributed by atoms with Crippen LogP contribution in [0.1, 0.15) is 25.3 Å². The van der Waals surface area contributed by atoms with Crippen LogP contribution in [0.5, 0.6) is 0 Å². The van der Waals surface area contributed by atoms with Crippen LogP contribution in [-0.2, 0) is 6.42 Å². The van der Waals surface area contributed by atoms with Crippen molar-refractivity contribution < 1.29 is 9.50 Å². The van der Waals surface area contributed by atoms with Crippen molar-refractivity contribution in [1.82, 2.24) is 0 Å². The van der Waals surface area contributed by atoms with Gasteiger partial charge in [0.1, 0.15) is 5.82 Å². The zero-order valence-electron chi connectivity index (χ0n) is 9.34. The number of hydrogen-bond donors (Lipinski definition) is 2. The Hall–Kier alpha value is -0.640. The highest BCUT2D eigenvalue weighted by atomic mass is 35.5. The van der Waals surface area contributed by atoms with Crippen LogP contribution in [0.3, 0.4) is 0 Å². The molecule has 0 amide bonds. The molecular weight excluding hydrogens is 229 g/mol. The Bertz CT molecular complexity index is 339. The first-order chi connectivity index (χ1) is 7.52. The van der Waals surface area contributed by atoms with Crippen LogP contribution in [0.25, 0.3) is 0 Å². The molecule has 0 aromatic heterocycles. The van der Waals surface area contributed by atoms with E-state index in [9.17, 15) is 9.50 Å². The molecule has 1 rings (SSSR count). The van der Waals surface area contributed by atoms with Gasteiger partial charge in [0.05, 0.1) is 5.60 Å². The summed E-state index contributed by atoms with van der Waals surface area (Å²) in [5, 5.41) is 10.5. The molecule has 16 heavy (non-hydrogen) atoms. The van der Waals surface area contributed by atoms with Gasteiger partial charge in [-0.15, -0.1) is 0 Å². The smallest absolute Gasteiger partial charge is 0.127 e. The second kappa shape index (κ2) is 5.62. The fourth-order valence-corrected chi connectivity index (χ4v) is 1.99. The van der Waals surface area contributed by atoms with Crippen LogP contribution >= 0.6 is 11.6 Å². The topological polar surface area (TPSA) is 46.2 Å². The maximum atomic E-state index is 13.5. The summed E-state index contributed by atoms with van der Waals surface area (Å²) in [7, 11) is 0. The summed E-state index contributed by atoms with van der Waals surface area (Å²) in [6.07, 6.45) is 1.48. The van der Waals surface area contributed by atoms with Crippen molar-refractivity contribution in [1.29, 1.82) is 0 Å². The third-order valence-electron chi connectivity index (χ3n) is 2.66. The van der Waals surface area contributed by atoms with Gasteiger partial charge in [0.2, 0.25) is 0 Å². The van der Waals surface area contributed by atoms with Gasteiger partial charge in [-0.3, -0.25) is 0 Å². The summed E-state index contributed by atoms with van der Waals surface area (Å²) in [5.41, 5.74) is 4.80. The van der Waals surface area contributed by atoms with Crippen molar-refractivity contribution in [3.05, 3.63) is 34.6 Å². The van der Waals surface area contributed by atoms with Crippen molar-refractivity contribution in [2.24, 2.45) is 5.73 Å². The van der Waals surface area contributed by atoms with Gasteiger partial charge in [0.15, 0.2) is 0 Å². The SMILES string of the molecule is CCCC(O)(CN)Cc1c(F)cccc1Cl. The molecule has 90 valence electrons. The molecule has 1 atom stereocenters. The van der Waals surface area contributed by atoms with E-state index in [0.717, 1.165) is 6.42 Å². The van der Waals surface area contributed by atoms with E-state index in [1.165, 1.54) is 6.07 Å².